The van der Waals surface area contributed by atoms with Crippen LogP contribution in [0.1, 0.15) is 5.69 Å². The summed E-state index contributed by atoms with van der Waals surface area (Å²) < 4.78 is 8.67. The Hall–Kier alpha value is -1.07. The standard InChI is InChI=1S/C13H16BrN3O/c1-9-7-10-11(14)8-16(2)12(10)13(15-9)17-3-5-18-6-4-17/h7-8H,3-6H2,1-2H3. The summed E-state index contributed by atoms with van der Waals surface area (Å²) >= 11 is 3.62. The van der Waals surface area contributed by atoms with Crippen LogP contribution >= 0.6 is 15.9 Å². The van der Waals surface area contributed by atoms with E-state index in [1.165, 1.54) is 10.9 Å². The van der Waals surface area contributed by atoms with E-state index in [4.69, 9.17) is 9.72 Å². The molecule has 0 bridgehead atoms. The molecule has 4 nitrogen and oxygen atoms in total. The van der Waals surface area contributed by atoms with E-state index in [2.05, 4.69) is 44.7 Å². The Morgan fingerprint density at radius 3 is 2.78 bits per heavy atom. The monoisotopic (exact) mass is 309 g/mol. The van der Waals surface area contributed by atoms with Gasteiger partial charge >= 0.3 is 0 Å². The van der Waals surface area contributed by atoms with Crippen LogP contribution in [0.15, 0.2) is 16.7 Å². The molecule has 0 radical (unpaired) electrons. The second-order valence-corrected chi connectivity index (χ2v) is 5.53. The maximum absolute atomic E-state index is 5.41. The lowest BCUT2D eigenvalue weighted by Gasteiger charge is -2.28. The first-order valence-electron chi connectivity index (χ1n) is 6.11. The number of anilines is 1. The zero-order valence-electron chi connectivity index (χ0n) is 10.6. The molecule has 1 saturated heterocycles. The van der Waals surface area contributed by atoms with Crippen molar-refractivity contribution in [1.29, 1.82) is 0 Å². The zero-order chi connectivity index (χ0) is 12.7. The molecule has 18 heavy (non-hydrogen) atoms. The van der Waals surface area contributed by atoms with E-state index in [1.807, 2.05) is 6.92 Å². The van der Waals surface area contributed by atoms with Gasteiger partial charge < -0.3 is 14.2 Å². The second-order valence-electron chi connectivity index (χ2n) is 4.67. The summed E-state index contributed by atoms with van der Waals surface area (Å²) in [6.07, 6.45) is 2.09. The molecule has 1 aliphatic heterocycles. The highest BCUT2D eigenvalue weighted by molar-refractivity contribution is 9.10. The van der Waals surface area contributed by atoms with E-state index in [9.17, 15) is 0 Å². The van der Waals surface area contributed by atoms with Crippen molar-refractivity contribution in [2.24, 2.45) is 7.05 Å². The smallest absolute Gasteiger partial charge is 0.153 e. The van der Waals surface area contributed by atoms with Gasteiger partial charge in [-0.15, -0.1) is 0 Å². The zero-order valence-corrected chi connectivity index (χ0v) is 12.2. The van der Waals surface area contributed by atoms with Crippen molar-refractivity contribution in [2.75, 3.05) is 31.2 Å². The Morgan fingerprint density at radius 1 is 1.33 bits per heavy atom. The number of hydrogen-bond acceptors (Lipinski definition) is 3. The largest absolute Gasteiger partial charge is 0.378 e. The molecule has 2 aromatic heterocycles. The molecule has 5 heteroatoms. The quantitative estimate of drug-likeness (QED) is 0.811. The predicted molar refractivity (Wildman–Crippen MR) is 76.2 cm³/mol. The molecular formula is C13H16BrN3O. The maximum Gasteiger partial charge on any atom is 0.153 e. The molecule has 0 amide bonds. The Bertz CT molecular complexity index is 587. The fraction of sp³-hybridized carbons (Fsp3) is 0.462. The van der Waals surface area contributed by atoms with Gasteiger partial charge in [0.1, 0.15) is 0 Å². The molecule has 1 aliphatic rings. The summed E-state index contributed by atoms with van der Waals surface area (Å²) in [6, 6.07) is 2.13. The molecule has 0 unspecified atom stereocenters. The summed E-state index contributed by atoms with van der Waals surface area (Å²) in [5.41, 5.74) is 2.24. The predicted octanol–water partition coefficient (Wildman–Crippen LogP) is 2.48. The van der Waals surface area contributed by atoms with E-state index in [1.54, 1.807) is 0 Å². The van der Waals surface area contributed by atoms with Crippen LogP contribution in [-0.2, 0) is 11.8 Å². The summed E-state index contributed by atoms with van der Waals surface area (Å²) in [6.45, 7) is 5.43. The minimum absolute atomic E-state index is 0.780. The first kappa shape index (κ1) is 12.0. The number of nitrogens with zero attached hydrogens (tertiary/aromatic N) is 3. The first-order valence-corrected chi connectivity index (χ1v) is 6.91. The molecule has 1 fully saturated rings. The van der Waals surface area contributed by atoms with Gasteiger partial charge in [-0.2, -0.15) is 0 Å². The molecule has 0 saturated carbocycles. The Labute approximate surface area is 115 Å². The third-order valence-electron chi connectivity index (χ3n) is 3.33. The van der Waals surface area contributed by atoms with Crippen molar-refractivity contribution in [1.82, 2.24) is 9.55 Å². The van der Waals surface area contributed by atoms with Crippen molar-refractivity contribution in [2.45, 2.75) is 6.92 Å². The van der Waals surface area contributed by atoms with Crippen molar-refractivity contribution < 1.29 is 4.74 Å². The number of morpholine rings is 1. The summed E-state index contributed by atoms with van der Waals surface area (Å²) in [7, 11) is 2.06. The highest BCUT2D eigenvalue weighted by atomic mass is 79.9. The number of fused-ring (bicyclic) bond motifs is 1. The van der Waals surface area contributed by atoms with Gasteiger partial charge in [0, 0.05) is 41.9 Å². The van der Waals surface area contributed by atoms with Crippen LogP contribution in [0.5, 0.6) is 0 Å². The van der Waals surface area contributed by atoms with Crippen LogP contribution in [-0.4, -0.2) is 35.9 Å². The molecule has 3 heterocycles. The van der Waals surface area contributed by atoms with Crippen LogP contribution < -0.4 is 4.90 Å². The minimum atomic E-state index is 0.780. The van der Waals surface area contributed by atoms with E-state index >= 15 is 0 Å². The number of aryl methyl sites for hydroxylation is 2. The highest BCUT2D eigenvalue weighted by Crippen LogP contribution is 2.32. The van der Waals surface area contributed by atoms with Crippen molar-refractivity contribution in [3.63, 3.8) is 0 Å². The van der Waals surface area contributed by atoms with E-state index < -0.39 is 0 Å². The summed E-state index contributed by atoms with van der Waals surface area (Å²) in [4.78, 5) is 7.04. The van der Waals surface area contributed by atoms with Crippen LogP contribution in [0.2, 0.25) is 0 Å². The third kappa shape index (κ3) is 1.91. The number of aromatic nitrogens is 2. The lowest BCUT2D eigenvalue weighted by molar-refractivity contribution is 0.122. The lowest BCUT2D eigenvalue weighted by atomic mass is 10.2. The Balaban J connectivity index is 2.20. The summed E-state index contributed by atoms with van der Waals surface area (Å²) in [5.74, 6) is 1.07. The number of hydrogen-bond donors (Lipinski definition) is 0. The van der Waals surface area contributed by atoms with E-state index in [0.29, 0.717) is 0 Å². The van der Waals surface area contributed by atoms with Gasteiger partial charge in [0.05, 0.1) is 18.7 Å². The molecule has 0 aromatic carbocycles. The van der Waals surface area contributed by atoms with Gasteiger partial charge in [-0.1, -0.05) is 0 Å². The van der Waals surface area contributed by atoms with Crippen LogP contribution in [0.25, 0.3) is 10.9 Å². The van der Waals surface area contributed by atoms with Gasteiger partial charge in [-0.3, -0.25) is 0 Å². The van der Waals surface area contributed by atoms with Gasteiger partial charge in [-0.25, -0.2) is 4.98 Å². The van der Waals surface area contributed by atoms with Crippen molar-refractivity contribution >= 4 is 32.7 Å². The average molecular weight is 310 g/mol. The minimum Gasteiger partial charge on any atom is -0.378 e. The molecule has 2 aromatic rings. The van der Waals surface area contributed by atoms with Crippen LogP contribution in [0.3, 0.4) is 0 Å². The molecule has 0 spiro atoms. The van der Waals surface area contributed by atoms with Gasteiger partial charge in [0.25, 0.3) is 0 Å². The number of halogens is 1. The molecule has 0 N–H and O–H groups in total. The molecule has 96 valence electrons. The molecular weight excluding hydrogens is 294 g/mol. The molecule has 0 atom stereocenters. The summed E-state index contributed by atoms with van der Waals surface area (Å²) in [5, 5.41) is 1.23. The van der Waals surface area contributed by atoms with Gasteiger partial charge in [-0.05, 0) is 28.9 Å². The van der Waals surface area contributed by atoms with Crippen LogP contribution in [0, 0.1) is 6.92 Å². The van der Waals surface area contributed by atoms with Gasteiger partial charge in [0.15, 0.2) is 5.82 Å². The average Bonchev–Trinajstić information content (AvgIpc) is 2.65. The topological polar surface area (TPSA) is 30.3 Å². The number of ether oxygens (including phenoxy) is 1. The normalized spacial score (nSPS) is 16.5. The molecule has 3 rings (SSSR count). The second kappa shape index (κ2) is 4.55. The lowest BCUT2D eigenvalue weighted by Crippen LogP contribution is -2.37. The number of pyridine rings is 1. The molecule has 0 aliphatic carbocycles. The highest BCUT2D eigenvalue weighted by Gasteiger charge is 2.19. The van der Waals surface area contributed by atoms with Crippen molar-refractivity contribution in [3.05, 3.63) is 22.4 Å². The van der Waals surface area contributed by atoms with E-state index in [-0.39, 0.29) is 0 Å². The first-order chi connectivity index (χ1) is 8.66. The van der Waals surface area contributed by atoms with E-state index in [0.717, 1.165) is 42.3 Å². The van der Waals surface area contributed by atoms with Gasteiger partial charge in [0.2, 0.25) is 0 Å². The fourth-order valence-corrected chi connectivity index (χ4v) is 3.09. The Kier molecular flexibility index (Phi) is 3.03. The SMILES string of the molecule is Cc1cc2c(Br)cn(C)c2c(N2CCOCC2)n1. The Morgan fingerprint density at radius 2 is 2.06 bits per heavy atom. The van der Waals surface area contributed by atoms with Crippen molar-refractivity contribution in [3.8, 4) is 0 Å². The fourth-order valence-electron chi connectivity index (χ4n) is 2.48. The third-order valence-corrected chi connectivity index (χ3v) is 3.96. The maximum atomic E-state index is 5.41. The number of rotatable bonds is 1. The van der Waals surface area contributed by atoms with Crippen LogP contribution in [0.4, 0.5) is 5.82 Å².